The molecule has 0 N–H and O–H groups in total. The lowest BCUT2D eigenvalue weighted by atomic mass is 9.99. The van der Waals surface area contributed by atoms with E-state index in [1.807, 2.05) is 0 Å². The van der Waals surface area contributed by atoms with Gasteiger partial charge in [-0.05, 0) is 38.5 Å². The summed E-state index contributed by atoms with van der Waals surface area (Å²) in [7, 11) is 0. The Bertz CT molecular complexity index is 268. The van der Waals surface area contributed by atoms with Crippen molar-refractivity contribution in [1.82, 2.24) is 0 Å². The van der Waals surface area contributed by atoms with E-state index in [4.69, 9.17) is 4.84 Å². The van der Waals surface area contributed by atoms with Crippen LogP contribution in [0.3, 0.4) is 0 Å². The molecule has 1 heterocycles. The lowest BCUT2D eigenvalue weighted by Gasteiger charge is -2.08. The average Bonchev–Trinajstić information content (AvgIpc) is 2.81. The molecule has 1 atom stereocenters. The summed E-state index contributed by atoms with van der Waals surface area (Å²) < 4.78 is 0. The lowest BCUT2D eigenvalue weighted by molar-refractivity contribution is 0.0770. The van der Waals surface area contributed by atoms with E-state index in [2.05, 4.69) is 38.1 Å². The highest BCUT2D eigenvalue weighted by Crippen LogP contribution is 2.21. The summed E-state index contributed by atoms with van der Waals surface area (Å²) in [5, 5.41) is 4.17. The Balaban J connectivity index is 1.91. The summed E-state index contributed by atoms with van der Waals surface area (Å²) in [5.74, 6) is 0.543. The smallest absolute Gasteiger partial charge is 0.132 e. The minimum atomic E-state index is 0.366. The van der Waals surface area contributed by atoms with E-state index in [1.54, 1.807) is 0 Å². The molecule has 1 rings (SSSR count). The molecule has 0 saturated heterocycles. The Hall–Kier alpha value is -0.790. The predicted octanol–water partition coefficient (Wildman–Crippen LogP) is 5.09. The molecule has 18 heavy (non-hydrogen) atoms. The van der Waals surface area contributed by atoms with Gasteiger partial charge < -0.3 is 4.84 Å². The van der Waals surface area contributed by atoms with Gasteiger partial charge in [0.25, 0.3) is 0 Å². The number of unbranched alkanes of at least 4 members (excludes halogenated alkanes) is 5. The minimum absolute atomic E-state index is 0.366. The molecule has 1 aliphatic rings. The molecular weight excluding hydrogens is 222 g/mol. The van der Waals surface area contributed by atoms with Gasteiger partial charge in [0.15, 0.2) is 0 Å². The SMILES string of the molecule is C/C=C/CCCCCCCC1CC(C(C)C)=NO1. The molecular formula is C16H29NO. The highest BCUT2D eigenvalue weighted by atomic mass is 16.6. The predicted molar refractivity (Wildman–Crippen MR) is 78.9 cm³/mol. The number of allylic oxidation sites excluding steroid dienone is 2. The van der Waals surface area contributed by atoms with Crippen molar-refractivity contribution in [2.24, 2.45) is 11.1 Å². The molecule has 1 unspecified atom stereocenters. The van der Waals surface area contributed by atoms with Crippen molar-refractivity contribution in [3.63, 3.8) is 0 Å². The maximum atomic E-state index is 5.47. The third kappa shape index (κ3) is 6.23. The summed E-state index contributed by atoms with van der Waals surface area (Å²) in [5.41, 5.74) is 1.24. The van der Waals surface area contributed by atoms with Crippen LogP contribution in [0.4, 0.5) is 0 Å². The number of oxime groups is 1. The fourth-order valence-corrected chi connectivity index (χ4v) is 2.28. The van der Waals surface area contributed by atoms with Gasteiger partial charge in [-0.25, -0.2) is 0 Å². The average molecular weight is 251 g/mol. The number of hydrogen-bond donors (Lipinski definition) is 0. The highest BCUT2D eigenvalue weighted by molar-refractivity contribution is 5.87. The van der Waals surface area contributed by atoms with Gasteiger partial charge in [0.2, 0.25) is 0 Å². The molecule has 2 nitrogen and oxygen atoms in total. The van der Waals surface area contributed by atoms with Crippen LogP contribution in [0, 0.1) is 5.92 Å². The van der Waals surface area contributed by atoms with Gasteiger partial charge in [-0.3, -0.25) is 0 Å². The third-order valence-corrected chi connectivity index (χ3v) is 3.55. The number of hydrogen-bond acceptors (Lipinski definition) is 2. The first-order valence-corrected chi connectivity index (χ1v) is 7.57. The summed E-state index contributed by atoms with van der Waals surface area (Å²) in [6, 6.07) is 0. The Morgan fingerprint density at radius 2 is 1.94 bits per heavy atom. The van der Waals surface area contributed by atoms with Crippen LogP contribution in [0.25, 0.3) is 0 Å². The van der Waals surface area contributed by atoms with Crippen molar-refractivity contribution in [3.05, 3.63) is 12.2 Å². The fraction of sp³-hybridized carbons (Fsp3) is 0.812. The van der Waals surface area contributed by atoms with E-state index in [-0.39, 0.29) is 0 Å². The third-order valence-electron chi connectivity index (χ3n) is 3.55. The summed E-state index contributed by atoms with van der Waals surface area (Å²) in [6.07, 6.45) is 14.9. The van der Waals surface area contributed by atoms with Crippen molar-refractivity contribution in [2.45, 2.75) is 78.2 Å². The Morgan fingerprint density at radius 3 is 2.61 bits per heavy atom. The second-order valence-electron chi connectivity index (χ2n) is 5.58. The maximum absolute atomic E-state index is 5.47. The second-order valence-corrected chi connectivity index (χ2v) is 5.58. The van der Waals surface area contributed by atoms with Crippen molar-refractivity contribution in [1.29, 1.82) is 0 Å². The van der Waals surface area contributed by atoms with E-state index in [0.29, 0.717) is 12.0 Å². The van der Waals surface area contributed by atoms with Crippen molar-refractivity contribution in [2.75, 3.05) is 0 Å². The normalized spacial score (nSPS) is 19.6. The molecule has 0 amide bonds. The molecule has 104 valence electrons. The number of nitrogens with zero attached hydrogens (tertiary/aromatic N) is 1. The van der Waals surface area contributed by atoms with E-state index in [9.17, 15) is 0 Å². The van der Waals surface area contributed by atoms with Crippen LogP contribution in [0.2, 0.25) is 0 Å². The van der Waals surface area contributed by atoms with E-state index in [1.165, 1.54) is 50.7 Å². The summed E-state index contributed by atoms with van der Waals surface area (Å²) >= 11 is 0. The van der Waals surface area contributed by atoms with Gasteiger partial charge >= 0.3 is 0 Å². The second kappa shape index (κ2) is 9.18. The topological polar surface area (TPSA) is 21.6 Å². The molecule has 0 fully saturated rings. The molecule has 1 aliphatic heterocycles. The van der Waals surface area contributed by atoms with Crippen molar-refractivity contribution in [3.8, 4) is 0 Å². The van der Waals surface area contributed by atoms with Crippen LogP contribution in [0.15, 0.2) is 17.3 Å². The standard InChI is InChI=1S/C16H29NO/c1-4-5-6-7-8-9-10-11-12-15-13-16(14(2)3)17-18-15/h4-5,14-15H,6-13H2,1-3H3/b5-4+. The first-order valence-electron chi connectivity index (χ1n) is 7.57. The molecule has 0 saturated carbocycles. The van der Waals surface area contributed by atoms with Crippen LogP contribution in [-0.2, 0) is 4.84 Å². The number of rotatable bonds is 9. The zero-order chi connectivity index (χ0) is 13.2. The molecule has 0 aromatic heterocycles. The van der Waals surface area contributed by atoms with Gasteiger partial charge in [-0.2, -0.15) is 0 Å². The van der Waals surface area contributed by atoms with Crippen LogP contribution in [-0.4, -0.2) is 11.8 Å². The van der Waals surface area contributed by atoms with E-state index >= 15 is 0 Å². The zero-order valence-electron chi connectivity index (χ0n) is 12.3. The Morgan fingerprint density at radius 1 is 1.22 bits per heavy atom. The van der Waals surface area contributed by atoms with Gasteiger partial charge in [-0.15, -0.1) is 0 Å². The Kier molecular flexibility index (Phi) is 7.79. The quantitative estimate of drug-likeness (QED) is 0.413. The first kappa shape index (κ1) is 15.3. The van der Waals surface area contributed by atoms with Gasteiger partial charge in [0.05, 0.1) is 5.71 Å². The summed E-state index contributed by atoms with van der Waals surface area (Å²) in [4.78, 5) is 5.47. The monoisotopic (exact) mass is 251 g/mol. The van der Waals surface area contributed by atoms with Crippen LogP contribution < -0.4 is 0 Å². The fourth-order valence-electron chi connectivity index (χ4n) is 2.28. The van der Waals surface area contributed by atoms with Gasteiger partial charge in [0, 0.05) is 6.42 Å². The van der Waals surface area contributed by atoms with Crippen LogP contribution in [0.1, 0.15) is 72.1 Å². The van der Waals surface area contributed by atoms with Crippen LogP contribution >= 0.6 is 0 Å². The molecule has 0 aromatic rings. The highest BCUT2D eigenvalue weighted by Gasteiger charge is 2.21. The molecule has 0 spiro atoms. The molecule has 2 heteroatoms. The van der Waals surface area contributed by atoms with Crippen LogP contribution in [0.5, 0.6) is 0 Å². The zero-order valence-corrected chi connectivity index (χ0v) is 12.3. The van der Waals surface area contributed by atoms with Gasteiger partial charge in [-0.1, -0.05) is 50.4 Å². The Labute approximate surface area is 112 Å². The van der Waals surface area contributed by atoms with E-state index < -0.39 is 0 Å². The molecule has 0 radical (unpaired) electrons. The minimum Gasteiger partial charge on any atom is -0.392 e. The van der Waals surface area contributed by atoms with Crippen molar-refractivity contribution < 1.29 is 4.84 Å². The molecule has 0 bridgehead atoms. The molecule has 0 aromatic carbocycles. The largest absolute Gasteiger partial charge is 0.392 e. The molecule has 0 aliphatic carbocycles. The maximum Gasteiger partial charge on any atom is 0.132 e. The summed E-state index contributed by atoms with van der Waals surface area (Å²) in [6.45, 7) is 6.47. The van der Waals surface area contributed by atoms with E-state index in [0.717, 1.165) is 6.42 Å². The lowest BCUT2D eigenvalue weighted by Crippen LogP contribution is -2.11. The first-order chi connectivity index (χ1) is 8.74. The van der Waals surface area contributed by atoms with Gasteiger partial charge in [0.1, 0.15) is 6.10 Å². The van der Waals surface area contributed by atoms with Crippen molar-refractivity contribution >= 4 is 5.71 Å².